The Bertz CT molecular complexity index is 955. The van der Waals surface area contributed by atoms with Gasteiger partial charge >= 0.3 is 0 Å². The van der Waals surface area contributed by atoms with Crippen LogP contribution in [0.1, 0.15) is 22.3 Å². The van der Waals surface area contributed by atoms with Crippen LogP contribution in [-0.4, -0.2) is 27.5 Å². The molecule has 1 amide bonds. The highest BCUT2D eigenvalue weighted by atomic mass is 19.1. The quantitative estimate of drug-likeness (QED) is 0.677. The molecule has 1 atom stereocenters. The average molecular weight is 327 g/mol. The van der Waals surface area contributed by atoms with Gasteiger partial charge in [-0.25, -0.2) is 9.37 Å². The van der Waals surface area contributed by atoms with Gasteiger partial charge in [-0.05, 0) is 18.2 Å². The van der Waals surface area contributed by atoms with Gasteiger partial charge in [-0.15, -0.1) is 0 Å². The Balaban J connectivity index is 1.76. The number of carbonyl (C=O) groups excluding carboxylic acids is 1. The van der Waals surface area contributed by atoms with Gasteiger partial charge in [-0.2, -0.15) is 0 Å². The molecule has 1 unspecified atom stereocenters. The molecule has 122 valence electrons. The molecule has 0 aliphatic rings. The minimum atomic E-state index is -1.21. The lowest BCUT2D eigenvalue weighted by atomic mass is 10.1. The molecular weight excluding hydrogens is 313 g/mol. The van der Waals surface area contributed by atoms with E-state index < -0.39 is 23.4 Å². The number of fused-ring (bicyclic) bond motifs is 1. The number of aromatic nitrogens is 2. The highest BCUT2D eigenvalue weighted by Gasteiger charge is 2.16. The highest BCUT2D eigenvalue weighted by molar-refractivity contribution is 5.92. The third-order valence-corrected chi connectivity index (χ3v) is 3.55. The van der Waals surface area contributed by atoms with Crippen LogP contribution in [0.5, 0.6) is 0 Å². The molecule has 0 aliphatic heterocycles. The first-order chi connectivity index (χ1) is 11.6. The maximum atomic E-state index is 13.6. The number of nitrogens with one attached hydrogen (secondary N) is 2. The van der Waals surface area contributed by atoms with Crippen LogP contribution in [0.15, 0.2) is 53.3 Å². The van der Waals surface area contributed by atoms with E-state index in [9.17, 15) is 19.1 Å². The molecule has 3 N–H and O–H groups in total. The summed E-state index contributed by atoms with van der Waals surface area (Å²) in [5.41, 5.74) is 0.0409. The van der Waals surface area contributed by atoms with Crippen LogP contribution < -0.4 is 10.9 Å². The van der Waals surface area contributed by atoms with Crippen molar-refractivity contribution in [3.05, 3.63) is 76.1 Å². The first-order valence-corrected chi connectivity index (χ1v) is 7.26. The zero-order valence-electron chi connectivity index (χ0n) is 12.5. The van der Waals surface area contributed by atoms with Crippen LogP contribution in [0.4, 0.5) is 4.39 Å². The van der Waals surface area contributed by atoms with Crippen molar-refractivity contribution in [2.75, 3.05) is 6.54 Å². The molecule has 0 radical (unpaired) electrons. The predicted molar refractivity (Wildman–Crippen MR) is 86.1 cm³/mol. The lowest BCUT2D eigenvalue weighted by molar-refractivity contribution is 0.0904. The zero-order valence-corrected chi connectivity index (χ0v) is 12.5. The Morgan fingerprint density at radius 3 is 2.71 bits per heavy atom. The molecule has 0 aliphatic carbocycles. The van der Waals surface area contributed by atoms with Crippen molar-refractivity contribution in [1.82, 2.24) is 15.3 Å². The topological polar surface area (TPSA) is 95.1 Å². The van der Waals surface area contributed by atoms with Crippen molar-refractivity contribution in [2.24, 2.45) is 0 Å². The molecule has 1 heterocycles. The summed E-state index contributed by atoms with van der Waals surface area (Å²) in [6.07, 6.45) is -1.21. The second-order valence-corrected chi connectivity index (χ2v) is 5.18. The monoisotopic (exact) mass is 327 g/mol. The number of aliphatic hydroxyl groups is 1. The molecule has 0 fully saturated rings. The third kappa shape index (κ3) is 3.16. The predicted octanol–water partition coefficient (Wildman–Crippen LogP) is 1.53. The molecule has 7 heteroatoms. The van der Waals surface area contributed by atoms with Gasteiger partial charge in [0.05, 0.1) is 17.0 Å². The smallest absolute Gasteiger partial charge is 0.287 e. The first-order valence-electron chi connectivity index (χ1n) is 7.26. The Morgan fingerprint density at radius 1 is 1.21 bits per heavy atom. The summed E-state index contributed by atoms with van der Waals surface area (Å²) in [5.74, 6) is -1.39. The fraction of sp³-hybridized carbons (Fsp3) is 0.118. The summed E-state index contributed by atoms with van der Waals surface area (Å²) in [6, 6.07) is 12.4. The van der Waals surface area contributed by atoms with Gasteiger partial charge < -0.3 is 15.4 Å². The number of halogens is 1. The number of aliphatic hydroxyl groups excluding tert-OH is 1. The Morgan fingerprint density at radius 2 is 1.92 bits per heavy atom. The largest absolute Gasteiger partial charge is 0.386 e. The minimum absolute atomic E-state index is 0.0813. The number of benzene rings is 2. The van der Waals surface area contributed by atoms with E-state index in [4.69, 9.17) is 0 Å². The highest BCUT2D eigenvalue weighted by Crippen LogP contribution is 2.15. The fourth-order valence-electron chi connectivity index (χ4n) is 2.32. The molecule has 24 heavy (non-hydrogen) atoms. The molecule has 3 aromatic rings. The molecule has 0 saturated carbocycles. The van der Waals surface area contributed by atoms with Crippen LogP contribution in [0, 0.1) is 5.82 Å². The van der Waals surface area contributed by atoms with Crippen molar-refractivity contribution in [1.29, 1.82) is 0 Å². The van der Waals surface area contributed by atoms with Gasteiger partial charge in [0.2, 0.25) is 0 Å². The summed E-state index contributed by atoms with van der Waals surface area (Å²) < 4.78 is 13.6. The number of amides is 1. The zero-order chi connectivity index (χ0) is 17.1. The van der Waals surface area contributed by atoms with Crippen LogP contribution in [0.2, 0.25) is 0 Å². The van der Waals surface area contributed by atoms with Crippen LogP contribution >= 0.6 is 0 Å². The number of hydrogen-bond donors (Lipinski definition) is 3. The second-order valence-electron chi connectivity index (χ2n) is 5.18. The summed E-state index contributed by atoms with van der Waals surface area (Å²) in [5, 5.41) is 12.8. The first kappa shape index (κ1) is 15.8. The maximum Gasteiger partial charge on any atom is 0.287 e. The molecule has 1 aromatic heterocycles. The Kier molecular flexibility index (Phi) is 4.35. The Hall–Kier alpha value is -3.06. The van der Waals surface area contributed by atoms with Crippen molar-refractivity contribution < 1.29 is 14.3 Å². The SMILES string of the molecule is O=C(NCC(O)c1ccccc1F)c1nc2ccccc2c(=O)[nH]1. The number of rotatable bonds is 4. The molecule has 0 bridgehead atoms. The van der Waals surface area contributed by atoms with Gasteiger partial charge in [0.15, 0.2) is 5.82 Å². The van der Waals surface area contributed by atoms with Crippen LogP contribution in [0.25, 0.3) is 10.9 Å². The van der Waals surface area contributed by atoms with E-state index in [-0.39, 0.29) is 17.9 Å². The number of hydrogen-bond acceptors (Lipinski definition) is 4. The van der Waals surface area contributed by atoms with Crippen molar-refractivity contribution in [3.8, 4) is 0 Å². The fourth-order valence-corrected chi connectivity index (χ4v) is 2.32. The lowest BCUT2D eigenvalue weighted by Crippen LogP contribution is -2.31. The number of H-pyrrole nitrogens is 1. The molecule has 0 saturated heterocycles. The summed E-state index contributed by atoms with van der Waals surface area (Å²) >= 11 is 0. The molecule has 0 spiro atoms. The molecule has 2 aromatic carbocycles. The number of para-hydroxylation sites is 1. The van der Waals surface area contributed by atoms with E-state index in [1.54, 1.807) is 30.3 Å². The van der Waals surface area contributed by atoms with Crippen molar-refractivity contribution in [2.45, 2.75) is 6.10 Å². The molecule has 3 rings (SSSR count). The number of carbonyl (C=O) groups is 1. The van der Waals surface area contributed by atoms with Crippen LogP contribution in [-0.2, 0) is 0 Å². The lowest BCUT2D eigenvalue weighted by Gasteiger charge is -2.12. The van der Waals surface area contributed by atoms with E-state index in [2.05, 4.69) is 15.3 Å². The Labute approximate surface area is 136 Å². The van der Waals surface area contributed by atoms with Gasteiger partial charge in [-0.3, -0.25) is 9.59 Å². The average Bonchev–Trinajstić information content (AvgIpc) is 2.59. The summed E-state index contributed by atoms with van der Waals surface area (Å²) in [7, 11) is 0. The maximum absolute atomic E-state index is 13.6. The summed E-state index contributed by atoms with van der Waals surface area (Å²) in [4.78, 5) is 30.5. The van der Waals surface area contributed by atoms with E-state index in [0.29, 0.717) is 10.9 Å². The number of aromatic amines is 1. The normalized spacial score (nSPS) is 12.1. The van der Waals surface area contributed by atoms with E-state index >= 15 is 0 Å². The van der Waals surface area contributed by atoms with Crippen molar-refractivity contribution >= 4 is 16.8 Å². The van der Waals surface area contributed by atoms with E-state index in [1.807, 2.05) is 0 Å². The standard InChI is InChI=1S/C17H14FN3O3/c18-12-7-3-1-5-10(12)14(22)9-19-17(24)15-20-13-8-4-2-6-11(13)16(23)21-15/h1-8,14,22H,9H2,(H,19,24)(H,20,21,23). The molecular formula is C17H14FN3O3. The van der Waals surface area contributed by atoms with Gasteiger partial charge in [-0.1, -0.05) is 30.3 Å². The van der Waals surface area contributed by atoms with Gasteiger partial charge in [0.1, 0.15) is 5.82 Å². The molecule has 6 nitrogen and oxygen atoms in total. The third-order valence-electron chi connectivity index (χ3n) is 3.55. The van der Waals surface area contributed by atoms with Gasteiger partial charge in [0, 0.05) is 12.1 Å². The minimum Gasteiger partial charge on any atom is -0.386 e. The van der Waals surface area contributed by atoms with Crippen molar-refractivity contribution in [3.63, 3.8) is 0 Å². The van der Waals surface area contributed by atoms with Gasteiger partial charge in [0.25, 0.3) is 11.5 Å². The summed E-state index contributed by atoms with van der Waals surface area (Å²) in [6.45, 7) is -0.212. The number of nitrogens with zero attached hydrogens (tertiary/aromatic N) is 1. The van der Waals surface area contributed by atoms with Crippen LogP contribution in [0.3, 0.4) is 0 Å². The van der Waals surface area contributed by atoms with E-state index in [1.165, 1.54) is 18.2 Å². The van der Waals surface area contributed by atoms with E-state index in [0.717, 1.165) is 0 Å². The second kappa shape index (κ2) is 6.59.